The van der Waals surface area contributed by atoms with Gasteiger partial charge in [0.1, 0.15) is 5.60 Å². The quantitative estimate of drug-likeness (QED) is 0.296. The Labute approximate surface area is 180 Å². The fraction of sp³-hybridized carbons (Fsp3) is 0.600. The number of esters is 1. The van der Waals surface area contributed by atoms with E-state index in [1.807, 2.05) is 32.9 Å². The van der Waals surface area contributed by atoms with Crippen molar-refractivity contribution < 1.29 is 24.2 Å². The van der Waals surface area contributed by atoms with Crippen LogP contribution in [0.15, 0.2) is 47.1 Å². The summed E-state index contributed by atoms with van der Waals surface area (Å²) in [6.07, 6.45) is 11.1. The van der Waals surface area contributed by atoms with Gasteiger partial charge in [-0.15, -0.1) is 0 Å². The molecule has 0 aromatic carbocycles. The number of ether oxygens (including phenoxy) is 2. The largest absolute Gasteiger partial charge is 0.452 e. The molecule has 4 atom stereocenters. The van der Waals surface area contributed by atoms with Crippen LogP contribution in [0.5, 0.6) is 0 Å². The van der Waals surface area contributed by atoms with Crippen molar-refractivity contribution >= 4 is 11.8 Å². The Morgan fingerprint density at radius 1 is 1.27 bits per heavy atom. The molecule has 0 bridgehead atoms. The third-order valence-electron chi connectivity index (χ3n) is 5.85. The highest BCUT2D eigenvalue weighted by atomic mass is 16.6. The average Bonchev–Trinajstić information content (AvgIpc) is 3.28. The molecule has 1 N–H and O–H groups in total. The number of fused-ring (bicyclic) bond motifs is 1. The number of aliphatic hydroxyl groups is 1. The summed E-state index contributed by atoms with van der Waals surface area (Å²) >= 11 is 0. The van der Waals surface area contributed by atoms with Crippen LogP contribution in [-0.4, -0.2) is 41.3 Å². The first-order chi connectivity index (χ1) is 14.0. The smallest absolute Gasteiger partial charge is 0.331 e. The van der Waals surface area contributed by atoms with Crippen LogP contribution in [0.1, 0.15) is 67.2 Å². The lowest BCUT2D eigenvalue weighted by atomic mass is 9.80. The van der Waals surface area contributed by atoms with Crippen LogP contribution in [0.25, 0.3) is 0 Å². The standard InChI is InChI=1S/C25H36O5/c1-17(2)8-7-11-24(5)12-9-19(16-26)20(27)15-22-25(6,30-22)21(10-13-24)29-23(28)14-18(3)4/h8-10,13-14,21-22,26H,7,11-12,15-16H2,1-6H3/b13-10+,19-9-/t21-,22-,24+,25+/m1/s1. The van der Waals surface area contributed by atoms with Gasteiger partial charge < -0.3 is 14.6 Å². The molecule has 0 amide bonds. The van der Waals surface area contributed by atoms with Gasteiger partial charge in [0.2, 0.25) is 0 Å². The number of carbonyl (C=O) groups excluding carboxylic acids is 2. The summed E-state index contributed by atoms with van der Waals surface area (Å²) in [6, 6.07) is 0. The van der Waals surface area contributed by atoms with E-state index in [2.05, 4.69) is 32.9 Å². The van der Waals surface area contributed by atoms with Crippen LogP contribution >= 0.6 is 0 Å². The van der Waals surface area contributed by atoms with Crippen LogP contribution in [0.4, 0.5) is 0 Å². The van der Waals surface area contributed by atoms with Gasteiger partial charge in [0, 0.05) is 18.1 Å². The van der Waals surface area contributed by atoms with E-state index < -0.39 is 17.7 Å². The molecule has 166 valence electrons. The lowest BCUT2D eigenvalue weighted by Gasteiger charge is -2.26. The number of carbonyl (C=O) groups is 2. The minimum Gasteiger partial charge on any atom is -0.452 e. The van der Waals surface area contributed by atoms with Crippen molar-refractivity contribution in [3.05, 3.63) is 47.1 Å². The molecule has 5 heteroatoms. The van der Waals surface area contributed by atoms with Crippen LogP contribution in [-0.2, 0) is 19.1 Å². The zero-order chi connectivity index (χ0) is 22.5. The molecular weight excluding hydrogens is 380 g/mol. The molecule has 1 heterocycles. The summed E-state index contributed by atoms with van der Waals surface area (Å²) in [5.74, 6) is -0.532. The number of Topliss-reactive ketones (excluding diaryl/α,β-unsaturated/α-hetero) is 1. The summed E-state index contributed by atoms with van der Waals surface area (Å²) < 4.78 is 11.6. The molecule has 0 unspecified atom stereocenters. The molecule has 2 rings (SSSR count). The van der Waals surface area contributed by atoms with Crippen molar-refractivity contribution in [1.29, 1.82) is 0 Å². The number of epoxide rings is 1. The minimum absolute atomic E-state index is 0.117. The molecule has 1 aliphatic carbocycles. The lowest BCUT2D eigenvalue weighted by molar-refractivity contribution is -0.143. The highest BCUT2D eigenvalue weighted by Gasteiger charge is 2.59. The molecule has 1 aliphatic heterocycles. The number of allylic oxidation sites excluding steroid dienone is 5. The Kier molecular flexibility index (Phi) is 8.00. The summed E-state index contributed by atoms with van der Waals surface area (Å²) in [6.45, 7) is 11.5. The fourth-order valence-electron chi connectivity index (χ4n) is 3.70. The van der Waals surface area contributed by atoms with Crippen LogP contribution in [0.2, 0.25) is 0 Å². The maximum atomic E-state index is 12.7. The number of hydrogen-bond acceptors (Lipinski definition) is 5. The van der Waals surface area contributed by atoms with Crippen molar-refractivity contribution in [1.82, 2.24) is 0 Å². The van der Waals surface area contributed by atoms with Gasteiger partial charge in [-0.25, -0.2) is 4.79 Å². The highest BCUT2D eigenvalue weighted by Crippen LogP contribution is 2.45. The lowest BCUT2D eigenvalue weighted by Crippen LogP contribution is -2.33. The topological polar surface area (TPSA) is 76.1 Å². The third-order valence-corrected chi connectivity index (χ3v) is 5.85. The van der Waals surface area contributed by atoms with E-state index in [9.17, 15) is 14.7 Å². The molecular formula is C25H36O5. The Morgan fingerprint density at radius 3 is 2.57 bits per heavy atom. The van der Waals surface area contributed by atoms with E-state index in [0.29, 0.717) is 12.0 Å². The van der Waals surface area contributed by atoms with E-state index in [0.717, 1.165) is 18.4 Å². The van der Waals surface area contributed by atoms with E-state index in [1.165, 1.54) is 11.6 Å². The number of rotatable bonds is 6. The minimum atomic E-state index is -0.747. The van der Waals surface area contributed by atoms with Gasteiger partial charge in [-0.05, 0) is 65.4 Å². The number of aliphatic hydroxyl groups excluding tert-OH is 1. The average molecular weight is 417 g/mol. The molecule has 1 fully saturated rings. The Balaban J connectivity index is 2.37. The first-order valence-corrected chi connectivity index (χ1v) is 10.7. The van der Waals surface area contributed by atoms with Crippen LogP contribution in [0, 0.1) is 5.41 Å². The molecule has 0 aromatic heterocycles. The van der Waals surface area contributed by atoms with E-state index in [-0.39, 0.29) is 30.3 Å². The summed E-state index contributed by atoms with van der Waals surface area (Å²) in [7, 11) is 0. The number of ketones is 1. The van der Waals surface area contributed by atoms with E-state index in [4.69, 9.17) is 9.47 Å². The molecule has 5 nitrogen and oxygen atoms in total. The van der Waals surface area contributed by atoms with Gasteiger partial charge in [-0.2, -0.15) is 0 Å². The molecule has 0 spiro atoms. The van der Waals surface area contributed by atoms with Gasteiger partial charge in [0.25, 0.3) is 0 Å². The van der Waals surface area contributed by atoms with Crippen molar-refractivity contribution in [3.63, 3.8) is 0 Å². The summed E-state index contributed by atoms with van der Waals surface area (Å²) in [5.41, 5.74) is 1.55. The second-order valence-electron chi connectivity index (χ2n) is 9.42. The van der Waals surface area contributed by atoms with Crippen LogP contribution < -0.4 is 0 Å². The van der Waals surface area contributed by atoms with Gasteiger partial charge in [-0.3, -0.25) is 4.79 Å². The van der Waals surface area contributed by atoms with Crippen molar-refractivity contribution in [2.75, 3.05) is 6.61 Å². The predicted molar refractivity (Wildman–Crippen MR) is 118 cm³/mol. The summed E-state index contributed by atoms with van der Waals surface area (Å²) in [4.78, 5) is 25.0. The van der Waals surface area contributed by atoms with E-state index in [1.54, 1.807) is 0 Å². The number of hydrogen-bond donors (Lipinski definition) is 1. The summed E-state index contributed by atoms with van der Waals surface area (Å²) in [5, 5.41) is 9.72. The molecule has 1 saturated heterocycles. The molecule has 30 heavy (non-hydrogen) atoms. The zero-order valence-electron chi connectivity index (χ0n) is 19.2. The third kappa shape index (κ3) is 6.51. The Hall–Kier alpha value is -1.98. The first kappa shape index (κ1) is 24.3. The predicted octanol–water partition coefficient (Wildman–Crippen LogP) is 4.61. The molecule has 0 saturated carbocycles. The van der Waals surface area contributed by atoms with E-state index >= 15 is 0 Å². The maximum absolute atomic E-state index is 12.7. The fourth-order valence-corrected chi connectivity index (χ4v) is 3.70. The van der Waals surface area contributed by atoms with Gasteiger partial charge in [0.15, 0.2) is 11.9 Å². The SMILES string of the molecule is CC(C)=CCC[C@]1(C)/C=C/[C@@H](OC(=O)C=C(C)C)[C@]2(C)O[C@@H]2CC(=O)/C(CO)=C\C1. The van der Waals surface area contributed by atoms with Gasteiger partial charge in [0.05, 0.1) is 12.7 Å². The van der Waals surface area contributed by atoms with Crippen LogP contribution in [0.3, 0.4) is 0 Å². The monoisotopic (exact) mass is 416 g/mol. The molecule has 0 aromatic rings. The second-order valence-corrected chi connectivity index (χ2v) is 9.42. The molecule has 0 radical (unpaired) electrons. The Morgan fingerprint density at radius 2 is 1.97 bits per heavy atom. The highest BCUT2D eigenvalue weighted by molar-refractivity contribution is 5.96. The first-order valence-electron chi connectivity index (χ1n) is 10.7. The second kappa shape index (κ2) is 9.88. The molecule has 2 aliphatic rings. The normalized spacial score (nSPS) is 33.8. The van der Waals surface area contributed by atoms with Gasteiger partial charge in [-0.1, -0.05) is 36.3 Å². The zero-order valence-corrected chi connectivity index (χ0v) is 19.2. The Bertz CT molecular complexity index is 779. The van der Waals surface area contributed by atoms with Crippen molar-refractivity contribution in [2.45, 2.75) is 85.0 Å². The van der Waals surface area contributed by atoms with Crippen molar-refractivity contribution in [2.24, 2.45) is 5.41 Å². The maximum Gasteiger partial charge on any atom is 0.331 e. The van der Waals surface area contributed by atoms with Crippen molar-refractivity contribution in [3.8, 4) is 0 Å². The van der Waals surface area contributed by atoms with Gasteiger partial charge >= 0.3 is 5.97 Å².